The molecule has 1 aliphatic heterocycles. The highest BCUT2D eigenvalue weighted by Gasteiger charge is 2.26. The summed E-state index contributed by atoms with van der Waals surface area (Å²) in [5, 5.41) is 0.778. The van der Waals surface area contributed by atoms with E-state index in [1.54, 1.807) is 0 Å². The minimum absolute atomic E-state index is 0.355. The zero-order chi connectivity index (χ0) is 20.8. The number of benzene rings is 3. The number of carbonyl (C=O) groups excluding carboxylic acids is 1. The fourth-order valence-electron chi connectivity index (χ4n) is 4.26. The van der Waals surface area contributed by atoms with E-state index in [1.807, 2.05) is 24.3 Å². The minimum Gasteiger partial charge on any atom is -0.302 e. The van der Waals surface area contributed by atoms with Crippen molar-refractivity contribution in [1.82, 2.24) is 9.80 Å². The van der Waals surface area contributed by atoms with E-state index in [0.717, 1.165) is 55.0 Å². The van der Waals surface area contributed by atoms with Gasteiger partial charge >= 0.3 is 0 Å². The lowest BCUT2D eigenvalue weighted by atomic mass is 10.0. The van der Waals surface area contributed by atoms with E-state index in [1.165, 1.54) is 11.1 Å². The lowest BCUT2D eigenvalue weighted by Crippen LogP contribution is -2.54. The van der Waals surface area contributed by atoms with Crippen LogP contribution in [-0.4, -0.2) is 48.3 Å². The summed E-state index contributed by atoms with van der Waals surface area (Å²) < 4.78 is 0. The predicted molar refractivity (Wildman–Crippen MR) is 124 cm³/mol. The maximum atomic E-state index is 11.2. The van der Waals surface area contributed by atoms with Gasteiger partial charge in [0.15, 0.2) is 0 Å². The van der Waals surface area contributed by atoms with E-state index < -0.39 is 0 Å². The standard InChI is InChI=1S/C26H27ClN2O/c27-26-9-5-4-8-25(26)23-12-10-22(11-13-23)19-28-14-15-29(16-17-30)24(20-28)18-21-6-2-1-3-7-21/h1-13,17,24H,14-16,18-20H2/t24-/m0/s1. The summed E-state index contributed by atoms with van der Waals surface area (Å²) in [6.45, 7) is 4.30. The van der Waals surface area contributed by atoms with Crippen molar-refractivity contribution in [3.63, 3.8) is 0 Å². The molecule has 1 fully saturated rings. The van der Waals surface area contributed by atoms with Crippen molar-refractivity contribution >= 4 is 17.9 Å². The van der Waals surface area contributed by atoms with Gasteiger partial charge in [0.1, 0.15) is 6.29 Å². The molecule has 4 rings (SSSR count). The molecule has 0 saturated carbocycles. The second-order valence-corrected chi connectivity index (χ2v) is 8.32. The van der Waals surface area contributed by atoms with Crippen LogP contribution in [0.3, 0.4) is 0 Å². The largest absolute Gasteiger partial charge is 0.302 e. The Bertz CT molecular complexity index is 958. The Morgan fingerprint density at radius 3 is 2.33 bits per heavy atom. The van der Waals surface area contributed by atoms with Crippen LogP contribution in [-0.2, 0) is 17.8 Å². The van der Waals surface area contributed by atoms with Crippen LogP contribution in [0.2, 0.25) is 5.02 Å². The zero-order valence-corrected chi connectivity index (χ0v) is 17.8. The number of rotatable bonds is 7. The number of aldehydes is 1. The van der Waals surface area contributed by atoms with E-state index in [0.29, 0.717) is 12.6 Å². The van der Waals surface area contributed by atoms with Gasteiger partial charge in [0, 0.05) is 42.8 Å². The molecule has 0 aliphatic carbocycles. The molecule has 3 nitrogen and oxygen atoms in total. The van der Waals surface area contributed by atoms with Crippen molar-refractivity contribution in [3.05, 3.63) is 95.0 Å². The first-order chi connectivity index (χ1) is 14.7. The van der Waals surface area contributed by atoms with Crippen molar-refractivity contribution in [3.8, 4) is 11.1 Å². The van der Waals surface area contributed by atoms with E-state index in [4.69, 9.17) is 11.6 Å². The van der Waals surface area contributed by atoms with E-state index in [9.17, 15) is 4.79 Å². The van der Waals surface area contributed by atoms with E-state index in [-0.39, 0.29) is 0 Å². The van der Waals surface area contributed by atoms with Crippen molar-refractivity contribution in [2.45, 2.75) is 19.0 Å². The molecule has 1 saturated heterocycles. The first-order valence-corrected chi connectivity index (χ1v) is 10.9. The molecule has 1 heterocycles. The lowest BCUT2D eigenvalue weighted by molar-refractivity contribution is -0.110. The van der Waals surface area contributed by atoms with Crippen LogP contribution in [0.15, 0.2) is 78.9 Å². The molecule has 0 N–H and O–H groups in total. The Labute approximate surface area is 183 Å². The van der Waals surface area contributed by atoms with Crippen LogP contribution < -0.4 is 0 Å². The number of halogens is 1. The molecular weight excluding hydrogens is 392 g/mol. The maximum Gasteiger partial charge on any atom is 0.133 e. The number of nitrogens with zero attached hydrogens (tertiary/aromatic N) is 2. The van der Waals surface area contributed by atoms with Crippen molar-refractivity contribution in [2.75, 3.05) is 26.2 Å². The highest BCUT2D eigenvalue weighted by atomic mass is 35.5. The number of piperazine rings is 1. The number of carbonyl (C=O) groups is 1. The molecule has 0 radical (unpaired) electrons. The number of hydrogen-bond acceptors (Lipinski definition) is 3. The molecule has 30 heavy (non-hydrogen) atoms. The van der Waals surface area contributed by atoms with Crippen LogP contribution in [0.4, 0.5) is 0 Å². The highest BCUT2D eigenvalue weighted by Crippen LogP contribution is 2.28. The molecule has 4 heteroatoms. The average molecular weight is 419 g/mol. The second-order valence-electron chi connectivity index (χ2n) is 7.92. The Kier molecular flexibility index (Phi) is 6.96. The smallest absolute Gasteiger partial charge is 0.133 e. The van der Waals surface area contributed by atoms with Crippen molar-refractivity contribution in [1.29, 1.82) is 0 Å². The minimum atomic E-state index is 0.355. The SMILES string of the molecule is O=CCN1CCN(Cc2ccc(-c3ccccc3Cl)cc2)C[C@@H]1Cc1ccccc1. The van der Waals surface area contributed by atoms with Crippen LogP contribution >= 0.6 is 11.6 Å². The molecule has 0 aromatic heterocycles. The van der Waals surface area contributed by atoms with Gasteiger partial charge in [0.2, 0.25) is 0 Å². The maximum absolute atomic E-state index is 11.2. The average Bonchev–Trinajstić information content (AvgIpc) is 2.77. The Morgan fingerprint density at radius 2 is 1.60 bits per heavy atom. The first kappa shape index (κ1) is 20.8. The molecule has 3 aromatic rings. The van der Waals surface area contributed by atoms with Gasteiger partial charge in [0.25, 0.3) is 0 Å². The summed E-state index contributed by atoms with van der Waals surface area (Å²) >= 11 is 6.34. The third-order valence-electron chi connectivity index (χ3n) is 5.86. The molecule has 0 unspecified atom stereocenters. The van der Waals surface area contributed by atoms with Gasteiger partial charge in [0.05, 0.1) is 6.54 Å². The fourth-order valence-corrected chi connectivity index (χ4v) is 4.50. The van der Waals surface area contributed by atoms with Gasteiger partial charge in [-0.15, -0.1) is 0 Å². The molecule has 1 aliphatic rings. The lowest BCUT2D eigenvalue weighted by Gasteiger charge is -2.41. The molecular formula is C26H27ClN2O. The molecule has 0 spiro atoms. The van der Waals surface area contributed by atoms with Gasteiger partial charge in [-0.2, -0.15) is 0 Å². The third kappa shape index (κ3) is 5.17. The second kappa shape index (κ2) is 10.0. The van der Waals surface area contributed by atoms with Gasteiger partial charge in [-0.25, -0.2) is 0 Å². The third-order valence-corrected chi connectivity index (χ3v) is 6.19. The Balaban J connectivity index is 1.43. The summed E-state index contributed by atoms with van der Waals surface area (Å²) in [6.07, 6.45) is 2.00. The summed E-state index contributed by atoms with van der Waals surface area (Å²) in [5.74, 6) is 0. The Hall–Kier alpha value is -2.46. The molecule has 0 bridgehead atoms. The normalized spacial score (nSPS) is 17.7. The van der Waals surface area contributed by atoms with Crippen molar-refractivity contribution < 1.29 is 4.79 Å². The molecule has 3 aromatic carbocycles. The predicted octanol–water partition coefficient (Wildman–Crippen LogP) is 4.93. The fraction of sp³-hybridized carbons (Fsp3) is 0.269. The molecule has 1 atom stereocenters. The summed E-state index contributed by atoms with van der Waals surface area (Å²) in [6, 6.07) is 27.6. The summed E-state index contributed by atoms with van der Waals surface area (Å²) in [4.78, 5) is 16.0. The highest BCUT2D eigenvalue weighted by molar-refractivity contribution is 6.33. The van der Waals surface area contributed by atoms with Gasteiger partial charge in [-0.1, -0.05) is 84.4 Å². The monoisotopic (exact) mass is 418 g/mol. The summed E-state index contributed by atoms with van der Waals surface area (Å²) in [5.41, 5.74) is 4.83. The van der Waals surface area contributed by atoms with Crippen LogP contribution in [0, 0.1) is 0 Å². The van der Waals surface area contributed by atoms with E-state index >= 15 is 0 Å². The van der Waals surface area contributed by atoms with Crippen LogP contribution in [0.1, 0.15) is 11.1 Å². The Morgan fingerprint density at radius 1 is 0.867 bits per heavy atom. The zero-order valence-electron chi connectivity index (χ0n) is 17.1. The van der Waals surface area contributed by atoms with Gasteiger partial charge in [-0.3, -0.25) is 9.80 Å². The quantitative estimate of drug-likeness (QED) is 0.508. The van der Waals surface area contributed by atoms with Crippen LogP contribution in [0.25, 0.3) is 11.1 Å². The molecule has 154 valence electrons. The van der Waals surface area contributed by atoms with E-state index in [2.05, 4.69) is 64.4 Å². The molecule has 0 amide bonds. The van der Waals surface area contributed by atoms with Gasteiger partial charge in [-0.05, 0) is 29.2 Å². The summed E-state index contributed by atoms with van der Waals surface area (Å²) in [7, 11) is 0. The number of hydrogen-bond donors (Lipinski definition) is 0. The topological polar surface area (TPSA) is 23.6 Å². The van der Waals surface area contributed by atoms with Crippen molar-refractivity contribution in [2.24, 2.45) is 0 Å². The van der Waals surface area contributed by atoms with Crippen LogP contribution in [0.5, 0.6) is 0 Å². The first-order valence-electron chi connectivity index (χ1n) is 10.5. The van der Waals surface area contributed by atoms with Gasteiger partial charge < -0.3 is 4.79 Å².